The number of carbonyl (C=O) groups is 1. The van der Waals surface area contributed by atoms with Gasteiger partial charge in [-0.15, -0.1) is 24.8 Å². The number of hydrogen-bond donors (Lipinski definition) is 1. The molecule has 0 aromatic rings. The van der Waals surface area contributed by atoms with Gasteiger partial charge in [0.2, 0.25) is 0 Å². The predicted molar refractivity (Wildman–Crippen MR) is 94.0 cm³/mol. The highest BCUT2D eigenvalue weighted by atomic mass is 35.5. The summed E-state index contributed by atoms with van der Waals surface area (Å²) in [7, 11) is 1.93. The van der Waals surface area contributed by atoms with Gasteiger partial charge in [0.25, 0.3) is 5.91 Å². The van der Waals surface area contributed by atoms with Gasteiger partial charge in [0.05, 0.1) is 6.10 Å². The number of nitrogens with zero attached hydrogens (tertiary/aromatic N) is 2. The molecule has 132 valence electrons. The number of amides is 1. The number of likely N-dealkylation sites (N-methyl/N-ethyl adjacent to an activating group) is 1. The molecule has 2 saturated heterocycles. The van der Waals surface area contributed by atoms with Crippen molar-refractivity contribution in [3.05, 3.63) is 0 Å². The average Bonchev–Trinajstić information content (AvgIpc) is 2.96. The van der Waals surface area contributed by atoms with Gasteiger partial charge >= 0.3 is 0 Å². The summed E-state index contributed by atoms with van der Waals surface area (Å²) in [6.07, 6.45) is 4.90. The zero-order valence-corrected chi connectivity index (χ0v) is 15.3. The minimum absolute atomic E-state index is 0. The molecule has 0 aliphatic carbocycles. The van der Waals surface area contributed by atoms with Gasteiger partial charge in [-0.1, -0.05) is 6.92 Å². The van der Waals surface area contributed by atoms with Gasteiger partial charge in [-0.05, 0) is 38.6 Å². The molecule has 1 amide bonds. The lowest BCUT2D eigenvalue weighted by Gasteiger charge is -2.37. The molecule has 2 rings (SSSR count). The molecule has 0 spiro atoms. The van der Waals surface area contributed by atoms with E-state index in [1.165, 1.54) is 13.0 Å². The Morgan fingerprint density at radius 2 is 1.86 bits per heavy atom. The van der Waals surface area contributed by atoms with Crippen molar-refractivity contribution in [2.75, 3.05) is 33.2 Å². The first kappa shape index (κ1) is 21.9. The van der Waals surface area contributed by atoms with Crippen LogP contribution in [-0.2, 0) is 9.53 Å². The third-order valence-corrected chi connectivity index (χ3v) is 4.64. The number of hydrogen-bond acceptors (Lipinski definition) is 4. The molecule has 2 aliphatic heterocycles. The van der Waals surface area contributed by atoms with Gasteiger partial charge in [0.15, 0.2) is 0 Å². The van der Waals surface area contributed by atoms with Crippen molar-refractivity contribution in [3.8, 4) is 0 Å². The molecule has 2 atom stereocenters. The van der Waals surface area contributed by atoms with Crippen LogP contribution >= 0.6 is 24.8 Å². The van der Waals surface area contributed by atoms with Crippen molar-refractivity contribution in [2.24, 2.45) is 5.73 Å². The fourth-order valence-electron chi connectivity index (χ4n) is 3.31. The number of ether oxygens (including phenoxy) is 1. The Hall–Kier alpha value is -0.0700. The predicted octanol–water partition coefficient (Wildman–Crippen LogP) is 1.67. The fourth-order valence-corrected chi connectivity index (χ4v) is 3.31. The van der Waals surface area contributed by atoms with Crippen LogP contribution in [0.1, 0.15) is 39.0 Å². The molecule has 2 fully saturated rings. The highest BCUT2D eigenvalue weighted by molar-refractivity contribution is 5.85. The average molecular weight is 356 g/mol. The lowest BCUT2D eigenvalue weighted by Crippen LogP contribution is -2.48. The second-order valence-electron chi connectivity index (χ2n) is 6.08. The molecular formula is C15H31Cl2N3O2. The lowest BCUT2D eigenvalue weighted by molar-refractivity contribution is -0.144. The van der Waals surface area contributed by atoms with Crippen molar-refractivity contribution in [1.29, 1.82) is 0 Å². The second kappa shape index (κ2) is 10.7. The summed E-state index contributed by atoms with van der Waals surface area (Å²) in [5.41, 5.74) is 5.60. The van der Waals surface area contributed by atoms with E-state index in [-0.39, 0.29) is 42.9 Å². The summed E-state index contributed by atoms with van der Waals surface area (Å²) in [5, 5.41) is 0. The molecule has 0 saturated carbocycles. The van der Waals surface area contributed by atoms with Gasteiger partial charge < -0.3 is 20.3 Å². The molecule has 0 unspecified atom stereocenters. The van der Waals surface area contributed by atoms with Crippen molar-refractivity contribution >= 4 is 30.7 Å². The van der Waals surface area contributed by atoms with E-state index in [0.717, 1.165) is 38.8 Å². The summed E-state index contributed by atoms with van der Waals surface area (Å²) < 4.78 is 5.72. The maximum atomic E-state index is 12.5. The summed E-state index contributed by atoms with van der Waals surface area (Å²) >= 11 is 0. The van der Waals surface area contributed by atoms with E-state index in [2.05, 4.69) is 11.8 Å². The van der Waals surface area contributed by atoms with E-state index in [1.54, 1.807) is 0 Å². The lowest BCUT2D eigenvalue weighted by atomic mass is 10.0. The van der Waals surface area contributed by atoms with Crippen LogP contribution < -0.4 is 5.73 Å². The SMILES string of the molecule is CCCN1CCC(N(C)C(=O)[C@@H]2CC[C@H](CN)O2)CC1.Cl.Cl. The topological polar surface area (TPSA) is 58.8 Å². The van der Waals surface area contributed by atoms with Crippen molar-refractivity contribution in [3.63, 3.8) is 0 Å². The highest BCUT2D eigenvalue weighted by Gasteiger charge is 2.34. The molecule has 22 heavy (non-hydrogen) atoms. The third-order valence-electron chi connectivity index (χ3n) is 4.64. The van der Waals surface area contributed by atoms with E-state index in [1.807, 2.05) is 11.9 Å². The molecule has 5 nitrogen and oxygen atoms in total. The van der Waals surface area contributed by atoms with E-state index in [9.17, 15) is 4.79 Å². The number of rotatable bonds is 5. The summed E-state index contributed by atoms with van der Waals surface area (Å²) in [6.45, 7) is 6.12. The molecule has 0 bridgehead atoms. The Kier molecular flexibility index (Phi) is 10.6. The van der Waals surface area contributed by atoms with E-state index >= 15 is 0 Å². The first-order valence-electron chi connectivity index (χ1n) is 8.00. The first-order chi connectivity index (χ1) is 9.65. The van der Waals surface area contributed by atoms with Crippen molar-refractivity contribution in [1.82, 2.24) is 9.80 Å². The van der Waals surface area contributed by atoms with Crippen LogP contribution in [0.4, 0.5) is 0 Å². The maximum absolute atomic E-state index is 12.5. The quantitative estimate of drug-likeness (QED) is 0.814. The largest absolute Gasteiger partial charge is 0.364 e. The fraction of sp³-hybridized carbons (Fsp3) is 0.933. The standard InChI is InChI=1S/C15H29N3O2.2ClH/c1-3-8-18-9-6-12(7-10-18)17(2)15(19)14-5-4-13(11-16)20-14;;/h12-14H,3-11,16H2,1-2H3;2*1H/t13-,14+;;/m1../s1. The second-order valence-corrected chi connectivity index (χ2v) is 6.08. The van der Waals surface area contributed by atoms with Crippen LogP contribution in [0.25, 0.3) is 0 Å². The highest BCUT2D eigenvalue weighted by Crippen LogP contribution is 2.23. The molecule has 2 aliphatic rings. The van der Waals surface area contributed by atoms with Gasteiger partial charge in [-0.25, -0.2) is 0 Å². The Labute approximate surface area is 146 Å². The minimum Gasteiger partial charge on any atom is -0.364 e. The van der Waals surface area contributed by atoms with Crippen LogP contribution in [0.15, 0.2) is 0 Å². The van der Waals surface area contributed by atoms with Crippen LogP contribution in [0.3, 0.4) is 0 Å². The third kappa shape index (κ3) is 5.53. The van der Waals surface area contributed by atoms with Gasteiger partial charge in [-0.2, -0.15) is 0 Å². The number of likely N-dealkylation sites (tertiary alicyclic amines) is 1. The Balaban J connectivity index is 0.00000220. The molecule has 0 aromatic carbocycles. The van der Waals surface area contributed by atoms with Crippen LogP contribution in [0.2, 0.25) is 0 Å². The molecular weight excluding hydrogens is 325 g/mol. The number of carbonyl (C=O) groups excluding carboxylic acids is 1. The molecule has 7 heteroatoms. The number of piperidine rings is 1. The molecule has 2 heterocycles. The van der Waals surface area contributed by atoms with Crippen molar-refractivity contribution < 1.29 is 9.53 Å². The van der Waals surface area contributed by atoms with Gasteiger partial charge in [0, 0.05) is 32.7 Å². The molecule has 0 aromatic heterocycles. The van der Waals surface area contributed by atoms with E-state index in [4.69, 9.17) is 10.5 Å². The van der Waals surface area contributed by atoms with E-state index < -0.39 is 0 Å². The Morgan fingerprint density at radius 1 is 1.23 bits per heavy atom. The Morgan fingerprint density at radius 3 is 2.36 bits per heavy atom. The number of nitrogens with two attached hydrogens (primary N) is 1. The Bertz CT molecular complexity index is 326. The van der Waals surface area contributed by atoms with Crippen LogP contribution in [0.5, 0.6) is 0 Å². The normalized spacial score (nSPS) is 26.1. The summed E-state index contributed by atoms with van der Waals surface area (Å²) in [4.78, 5) is 16.9. The smallest absolute Gasteiger partial charge is 0.251 e. The van der Waals surface area contributed by atoms with Crippen LogP contribution in [0, 0.1) is 0 Å². The van der Waals surface area contributed by atoms with E-state index in [0.29, 0.717) is 12.6 Å². The van der Waals surface area contributed by atoms with Gasteiger partial charge in [-0.3, -0.25) is 4.79 Å². The number of halogens is 2. The molecule has 2 N–H and O–H groups in total. The summed E-state index contributed by atoms with van der Waals surface area (Å²) in [6, 6.07) is 0.371. The van der Waals surface area contributed by atoms with Crippen molar-refractivity contribution in [2.45, 2.75) is 57.3 Å². The zero-order valence-electron chi connectivity index (χ0n) is 13.7. The van der Waals surface area contributed by atoms with Crippen LogP contribution in [-0.4, -0.2) is 67.2 Å². The summed E-state index contributed by atoms with van der Waals surface area (Å²) in [5.74, 6) is 0.148. The minimum atomic E-state index is -0.262. The van der Waals surface area contributed by atoms with Gasteiger partial charge in [0.1, 0.15) is 6.10 Å². The zero-order chi connectivity index (χ0) is 14.5. The monoisotopic (exact) mass is 355 g/mol. The molecule has 0 radical (unpaired) electrons. The first-order valence-corrected chi connectivity index (χ1v) is 8.00. The maximum Gasteiger partial charge on any atom is 0.251 e.